The largest absolute Gasteiger partial charge is 0.467 e. The van der Waals surface area contributed by atoms with Crippen molar-refractivity contribution in [2.45, 2.75) is 6.61 Å². The molecule has 0 radical (unpaired) electrons. The summed E-state index contributed by atoms with van der Waals surface area (Å²) in [6.45, 7) is 0.540. The van der Waals surface area contributed by atoms with E-state index in [0.29, 0.717) is 23.5 Å². The molecule has 9 heteroatoms. The van der Waals surface area contributed by atoms with Crippen molar-refractivity contribution in [3.8, 4) is 17.2 Å². The molecule has 2 aliphatic rings. The van der Waals surface area contributed by atoms with E-state index >= 15 is 0 Å². The van der Waals surface area contributed by atoms with Crippen molar-refractivity contribution in [3.63, 3.8) is 0 Å². The molecule has 0 bridgehead atoms. The molecule has 0 N–H and O–H groups in total. The van der Waals surface area contributed by atoms with Gasteiger partial charge in [0.1, 0.15) is 17.2 Å². The van der Waals surface area contributed by atoms with E-state index in [2.05, 4.69) is 15.9 Å². The van der Waals surface area contributed by atoms with E-state index in [9.17, 15) is 13.2 Å². The maximum Gasteiger partial charge on any atom is 0.306 e. The van der Waals surface area contributed by atoms with Gasteiger partial charge in [-0.2, -0.15) is 8.42 Å². The lowest BCUT2D eigenvalue weighted by Gasteiger charge is -2.20. The van der Waals surface area contributed by atoms with Gasteiger partial charge in [0.05, 0.1) is 18.4 Å². The number of fused-ring (bicyclic) bond motifs is 2. The van der Waals surface area contributed by atoms with Crippen LogP contribution in [-0.2, 0) is 21.5 Å². The van der Waals surface area contributed by atoms with Crippen molar-refractivity contribution in [1.29, 1.82) is 0 Å². The molecule has 0 saturated carbocycles. The lowest BCUT2D eigenvalue weighted by molar-refractivity contribution is -0.0165. The van der Waals surface area contributed by atoms with Crippen LogP contribution in [0.4, 0.5) is 0 Å². The van der Waals surface area contributed by atoms with Gasteiger partial charge in [0.2, 0.25) is 5.78 Å². The highest BCUT2D eigenvalue weighted by atomic mass is 79.9. The van der Waals surface area contributed by atoms with Crippen molar-refractivity contribution in [2.24, 2.45) is 0 Å². The Morgan fingerprint density at radius 2 is 2.04 bits per heavy atom. The Bertz CT molecular complexity index is 1090. The van der Waals surface area contributed by atoms with Crippen LogP contribution in [0.3, 0.4) is 0 Å². The first-order valence-electron chi connectivity index (χ1n) is 7.81. The number of halogens is 1. The van der Waals surface area contributed by atoms with Crippen molar-refractivity contribution in [1.82, 2.24) is 0 Å². The Morgan fingerprint density at radius 3 is 2.81 bits per heavy atom. The van der Waals surface area contributed by atoms with E-state index in [-0.39, 0.29) is 29.8 Å². The summed E-state index contributed by atoms with van der Waals surface area (Å²) in [6, 6.07) is 7.95. The van der Waals surface area contributed by atoms with E-state index in [1.807, 2.05) is 12.1 Å². The maximum atomic E-state index is 12.6. The molecule has 0 aromatic heterocycles. The Labute approximate surface area is 163 Å². The van der Waals surface area contributed by atoms with Gasteiger partial charge in [0.15, 0.2) is 12.6 Å². The van der Waals surface area contributed by atoms with Crippen LogP contribution in [0.5, 0.6) is 17.2 Å². The fourth-order valence-corrected chi connectivity index (χ4v) is 3.83. The molecule has 2 heterocycles. The summed E-state index contributed by atoms with van der Waals surface area (Å²) in [5.41, 5.74) is 1.86. The molecule has 2 aliphatic heterocycles. The number of allylic oxidation sites excluding steroid dienone is 1. The van der Waals surface area contributed by atoms with Gasteiger partial charge in [-0.05, 0) is 30.3 Å². The number of rotatable bonds is 3. The molecule has 27 heavy (non-hydrogen) atoms. The zero-order valence-electron chi connectivity index (χ0n) is 14.0. The predicted molar refractivity (Wildman–Crippen MR) is 99.3 cm³/mol. The quantitative estimate of drug-likeness (QED) is 0.521. The van der Waals surface area contributed by atoms with Crippen LogP contribution in [0.15, 0.2) is 40.6 Å². The molecule has 0 amide bonds. The summed E-state index contributed by atoms with van der Waals surface area (Å²) in [5.74, 6) is 0.741. The molecule has 0 spiro atoms. The molecular formula is C18H13BrO7S. The van der Waals surface area contributed by atoms with Gasteiger partial charge in [0.25, 0.3) is 0 Å². The molecule has 0 atom stereocenters. The fourth-order valence-electron chi connectivity index (χ4n) is 2.85. The third kappa shape index (κ3) is 3.71. The third-order valence-electron chi connectivity index (χ3n) is 3.88. The highest BCUT2D eigenvalue weighted by Gasteiger charge is 2.29. The summed E-state index contributed by atoms with van der Waals surface area (Å²) < 4.78 is 44.7. The number of benzene rings is 2. The summed E-state index contributed by atoms with van der Waals surface area (Å²) >= 11 is 3.43. The normalized spacial score (nSPS) is 17.1. The van der Waals surface area contributed by atoms with Crippen LogP contribution in [0.2, 0.25) is 0 Å². The molecule has 7 nitrogen and oxygen atoms in total. The molecule has 0 aliphatic carbocycles. The fraction of sp³-hybridized carbons (Fsp3) is 0.167. The summed E-state index contributed by atoms with van der Waals surface area (Å²) in [6.07, 6.45) is 2.53. The summed E-state index contributed by atoms with van der Waals surface area (Å²) in [7, 11) is -3.67. The Hall–Kier alpha value is -2.36. The first-order chi connectivity index (χ1) is 12.8. The van der Waals surface area contributed by atoms with Crippen molar-refractivity contribution in [3.05, 3.63) is 57.3 Å². The van der Waals surface area contributed by atoms with Crippen LogP contribution in [0, 0.1) is 0 Å². The molecule has 0 unspecified atom stereocenters. The molecule has 2 aromatic rings. The highest BCUT2D eigenvalue weighted by Crippen LogP contribution is 2.38. The van der Waals surface area contributed by atoms with Crippen LogP contribution >= 0.6 is 15.9 Å². The maximum absolute atomic E-state index is 12.6. The summed E-state index contributed by atoms with van der Waals surface area (Å²) in [4.78, 5) is 12.6. The average Bonchev–Trinajstić information content (AvgIpc) is 2.88. The lowest BCUT2D eigenvalue weighted by atomic mass is 10.1. The number of Topliss-reactive ketones (excluding diaryl/α,β-unsaturated/α-hetero) is 1. The van der Waals surface area contributed by atoms with Crippen molar-refractivity contribution < 1.29 is 31.6 Å². The zero-order valence-corrected chi connectivity index (χ0v) is 16.4. The van der Waals surface area contributed by atoms with Gasteiger partial charge in [-0.3, -0.25) is 4.79 Å². The summed E-state index contributed by atoms with van der Waals surface area (Å²) in [5, 5.41) is 0. The number of hydrogen-bond donors (Lipinski definition) is 0. The molecule has 0 saturated heterocycles. The third-order valence-corrected chi connectivity index (χ3v) is 4.83. The Kier molecular flexibility index (Phi) is 4.45. The second kappa shape index (κ2) is 6.66. The van der Waals surface area contributed by atoms with E-state index in [1.165, 1.54) is 18.2 Å². The lowest BCUT2D eigenvalue weighted by Crippen LogP contribution is -2.12. The van der Waals surface area contributed by atoms with Crippen molar-refractivity contribution >= 4 is 37.9 Å². The number of ketones is 1. The Balaban J connectivity index is 1.70. The molecule has 140 valence electrons. The van der Waals surface area contributed by atoms with E-state index in [0.717, 1.165) is 16.3 Å². The van der Waals surface area contributed by atoms with Gasteiger partial charge in [-0.25, -0.2) is 0 Å². The van der Waals surface area contributed by atoms with Gasteiger partial charge in [-0.15, -0.1) is 0 Å². The second-order valence-electron chi connectivity index (χ2n) is 5.98. The number of carbonyl (C=O) groups is 1. The van der Waals surface area contributed by atoms with E-state index in [1.54, 1.807) is 6.08 Å². The minimum absolute atomic E-state index is 0.0746. The first kappa shape index (κ1) is 18.0. The second-order valence-corrected chi connectivity index (χ2v) is 8.47. The van der Waals surface area contributed by atoms with Gasteiger partial charge >= 0.3 is 10.1 Å². The highest BCUT2D eigenvalue weighted by molar-refractivity contribution is 9.10. The van der Waals surface area contributed by atoms with Crippen LogP contribution < -0.4 is 13.7 Å². The standard InChI is InChI=1S/C18H13BrO7S/c1-27(21,22)26-13-2-3-14-15(7-13)25-16(17(14)20)6-10-4-12(19)5-11-8-23-9-24-18(10)11/h2-7H,8-9H2,1H3. The smallest absolute Gasteiger partial charge is 0.306 e. The van der Waals surface area contributed by atoms with Crippen LogP contribution in [0.25, 0.3) is 6.08 Å². The van der Waals surface area contributed by atoms with E-state index < -0.39 is 10.1 Å². The Morgan fingerprint density at radius 1 is 1.22 bits per heavy atom. The molecule has 2 aromatic carbocycles. The number of hydrogen-bond acceptors (Lipinski definition) is 7. The average molecular weight is 453 g/mol. The number of carbonyl (C=O) groups excluding carboxylic acids is 1. The van der Waals surface area contributed by atoms with Crippen molar-refractivity contribution in [2.75, 3.05) is 13.0 Å². The molecule has 4 rings (SSSR count). The van der Waals surface area contributed by atoms with Crippen LogP contribution in [-0.4, -0.2) is 27.2 Å². The van der Waals surface area contributed by atoms with Gasteiger partial charge < -0.3 is 18.4 Å². The van der Waals surface area contributed by atoms with E-state index in [4.69, 9.17) is 18.4 Å². The first-order valence-corrected chi connectivity index (χ1v) is 10.4. The monoisotopic (exact) mass is 452 g/mol. The molecule has 0 fully saturated rings. The van der Waals surface area contributed by atoms with Gasteiger partial charge in [0, 0.05) is 21.7 Å². The minimum Gasteiger partial charge on any atom is -0.467 e. The SMILES string of the molecule is CS(=O)(=O)Oc1ccc2c(c1)OC(=Cc1cc(Br)cc3c1OCOC3)C2=O. The van der Waals surface area contributed by atoms with Gasteiger partial charge in [-0.1, -0.05) is 15.9 Å². The molecular weight excluding hydrogens is 440 g/mol. The topological polar surface area (TPSA) is 88.1 Å². The zero-order chi connectivity index (χ0) is 19.2. The van der Waals surface area contributed by atoms with Crippen LogP contribution in [0.1, 0.15) is 21.5 Å². The predicted octanol–water partition coefficient (Wildman–Crippen LogP) is 3.27. The minimum atomic E-state index is -3.67. The number of ether oxygens (including phenoxy) is 3.